The van der Waals surface area contributed by atoms with Gasteiger partial charge in [0, 0.05) is 19.7 Å². The second-order valence-electron chi connectivity index (χ2n) is 5.61. The third-order valence-electron chi connectivity index (χ3n) is 3.82. The smallest absolute Gasteiger partial charge is 0.260 e. The molecule has 1 aromatic heterocycles. The van der Waals surface area contributed by atoms with Crippen molar-refractivity contribution in [2.45, 2.75) is 13.2 Å². The fraction of sp³-hybridized carbons (Fsp3) is 0.333. The van der Waals surface area contributed by atoms with E-state index in [4.69, 9.17) is 14.2 Å². The van der Waals surface area contributed by atoms with Gasteiger partial charge in [-0.05, 0) is 23.8 Å². The average Bonchev–Trinajstić information content (AvgIpc) is 2.78. The first-order valence-electron chi connectivity index (χ1n) is 7.92. The molecule has 0 saturated heterocycles. The number of ether oxygens (including phenoxy) is 3. The molecule has 0 saturated carbocycles. The lowest BCUT2D eigenvalue weighted by atomic mass is 10.2. The zero-order valence-corrected chi connectivity index (χ0v) is 13.9. The van der Waals surface area contributed by atoms with Crippen molar-refractivity contribution in [3.63, 3.8) is 0 Å². The molecule has 0 fully saturated rings. The summed E-state index contributed by atoms with van der Waals surface area (Å²) in [5, 5.41) is 0. The monoisotopic (exact) mass is 346 g/mol. The van der Waals surface area contributed by atoms with Crippen molar-refractivity contribution in [1.82, 2.24) is 9.88 Å². The number of benzene rings is 1. The lowest BCUT2D eigenvalue weighted by Crippen LogP contribution is -2.35. The van der Waals surface area contributed by atoms with E-state index in [0.29, 0.717) is 37.0 Å². The number of pyridine rings is 1. The summed E-state index contributed by atoms with van der Waals surface area (Å²) >= 11 is 0. The molecule has 0 spiro atoms. The minimum absolute atomic E-state index is 0.0197. The summed E-state index contributed by atoms with van der Waals surface area (Å²) in [6.45, 7) is 1.51. The molecule has 25 heavy (non-hydrogen) atoms. The highest BCUT2D eigenvalue weighted by molar-refractivity contribution is 5.78. The van der Waals surface area contributed by atoms with Gasteiger partial charge in [0.2, 0.25) is 5.88 Å². The molecule has 0 N–H and O–H groups in total. The molecule has 0 aliphatic carbocycles. The molecule has 0 radical (unpaired) electrons. The molecule has 3 rings (SSSR count). The van der Waals surface area contributed by atoms with Crippen LogP contribution in [0.25, 0.3) is 0 Å². The minimum atomic E-state index is -0.287. The molecule has 1 aliphatic rings. The maximum absolute atomic E-state index is 12.9. The van der Waals surface area contributed by atoms with E-state index in [1.54, 1.807) is 36.3 Å². The largest absolute Gasteiger partial charge is 0.482 e. The molecule has 2 heterocycles. The van der Waals surface area contributed by atoms with Gasteiger partial charge in [-0.25, -0.2) is 9.37 Å². The Hall–Kier alpha value is -2.67. The number of methoxy groups -OCH3 is 1. The Labute approximate surface area is 145 Å². The van der Waals surface area contributed by atoms with Gasteiger partial charge in [-0.3, -0.25) is 4.79 Å². The zero-order chi connectivity index (χ0) is 17.6. The number of amides is 1. The number of nitrogens with zero attached hydrogens (tertiary/aromatic N) is 2. The van der Waals surface area contributed by atoms with E-state index in [-0.39, 0.29) is 24.9 Å². The molecular formula is C18H19FN2O4. The summed E-state index contributed by atoms with van der Waals surface area (Å²) in [6, 6.07) is 9.53. The highest BCUT2D eigenvalue weighted by atomic mass is 19.1. The highest BCUT2D eigenvalue weighted by Crippen LogP contribution is 2.25. The van der Waals surface area contributed by atoms with E-state index in [1.165, 1.54) is 12.1 Å². The first-order valence-corrected chi connectivity index (χ1v) is 7.92. The lowest BCUT2D eigenvalue weighted by Gasteiger charge is -2.18. The standard InChI is InChI=1S/C18H19FN2O4/c1-23-9-8-21-10-15-16(24-12-18(21)22)6-7-17(20-15)25-11-13-2-4-14(19)5-3-13/h2-7H,8-12H2,1H3. The van der Waals surface area contributed by atoms with E-state index in [2.05, 4.69) is 4.98 Å². The van der Waals surface area contributed by atoms with Crippen LogP contribution in [0.2, 0.25) is 0 Å². The van der Waals surface area contributed by atoms with Crippen LogP contribution in [0, 0.1) is 5.82 Å². The van der Waals surface area contributed by atoms with Crippen LogP contribution < -0.4 is 9.47 Å². The zero-order valence-electron chi connectivity index (χ0n) is 13.9. The maximum Gasteiger partial charge on any atom is 0.260 e. The van der Waals surface area contributed by atoms with Crippen molar-refractivity contribution in [3.05, 3.63) is 53.5 Å². The molecule has 2 aromatic rings. The predicted octanol–water partition coefficient (Wildman–Crippen LogP) is 2.17. The Morgan fingerprint density at radius 2 is 2.04 bits per heavy atom. The average molecular weight is 346 g/mol. The molecule has 0 unspecified atom stereocenters. The van der Waals surface area contributed by atoms with Gasteiger partial charge in [0.25, 0.3) is 5.91 Å². The second-order valence-corrected chi connectivity index (χ2v) is 5.61. The van der Waals surface area contributed by atoms with Gasteiger partial charge >= 0.3 is 0 Å². The van der Waals surface area contributed by atoms with Gasteiger partial charge in [-0.1, -0.05) is 12.1 Å². The van der Waals surface area contributed by atoms with Crippen molar-refractivity contribution in [3.8, 4) is 11.6 Å². The summed E-state index contributed by atoms with van der Waals surface area (Å²) in [5.41, 5.74) is 1.48. The van der Waals surface area contributed by atoms with Gasteiger partial charge < -0.3 is 19.1 Å². The summed E-state index contributed by atoms with van der Waals surface area (Å²) in [6.07, 6.45) is 0. The van der Waals surface area contributed by atoms with Crippen molar-refractivity contribution in [2.75, 3.05) is 26.9 Å². The number of carbonyl (C=O) groups excluding carboxylic acids is 1. The van der Waals surface area contributed by atoms with Gasteiger partial charge in [0.1, 0.15) is 23.9 Å². The van der Waals surface area contributed by atoms with Crippen molar-refractivity contribution < 1.29 is 23.4 Å². The number of carbonyl (C=O) groups is 1. The number of rotatable bonds is 6. The van der Waals surface area contributed by atoms with Crippen LogP contribution in [0.3, 0.4) is 0 Å². The third kappa shape index (κ3) is 4.45. The molecule has 7 heteroatoms. The fourth-order valence-electron chi connectivity index (χ4n) is 2.44. The van der Waals surface area contributed by atoms with Gasteiger partial charge in [0.15, 0.2) is 6.61 Å². The number of hydrogen-bond donors (Lipinski definition) is 0. The Balaban J connectivity index is 1.70. The lowest BCUT2D eigenvalue weighted by molar-refractivity contribution is -0.133. The van der Waals surface area contributed by atoms with Gasteiger partial charge in [0.05, 0.1) is 13.2 Å². The van der Waals surface area contributed by atoms with Crippen LogP contribution in [-0.2, 0) is 22.7 Å². The highest BCUT2D eigenvalue weighted by Gasteiger charge is 2.22. The van der Waals surface area contributed by atoms with Crippen molar-refractivity contribution in [1.29, 1.82) is 0 Å². The first-order chi connectivity index (χ1) is 12.2. The quantitative estimate of drug-likeness (QED) is 0.802. The molecule has 6 nitrogen and oxygen atoms in total. The Kier molecular flexibility index (Phi) is 5.45. The summed E-state index contributed by atoms with van der Waals surface area (Å²) < 4.78 is 29.1. The maximum atomic E-state index is 12.9. The van der Waals surface area contributed by atoms with Gasteiger partial charge in [-0.15, -0.1) is 0 Å². The van der Waals surface area contributed by atoms with E-state index in [9.17, 15) is 9.18 Å². The van der Waals surface area contributed by atoms with Crippen LogP contribution in [0.1, 0.15) is 11.3 Å². The summed E-state index contributed by atoms with van der Waals surface area (Å²) in [4.78, 5) is 18.2. The topological polar surface area (TPSA) is 60.9 Å². The Bertz CT molecular complexity index is 736. The van der Waals surface area contributed by atoms with E-state index >= 15 is 0 Å². The predicted molar refractivity (Wildman–Crippen MR) is 87.8 cm³/mol. The molecule has 0 bridgehead atoms. The number of halogens is 1. The van der Waals surface area contributed by atoms with E-state index in [1.807, 2.05) is 0 Å². The van der Waals surface area contributed by atoms with Gasteiger partial charge in [-0.2, -0.15) is 0 Å². The minimum Gasteiger partial charge on any atom is -0.482 e. The van der Waals surface area contributed by atoms with Crippen LogP contribution in [0.4, 0.5) is 4.39 Å². The third-order valence-corrected chi connectivity index (χ3v) is 3.82. The molecule has 0 atom stereocenters. The fourth-order valence-corrected chi connectivity index (χ4v) is 2.44. The second kappa shape index (κ2) is 7.94. The Morgan fingerprint density at radius 1 is 1.24 bits per heavy atom. The normalized spacial score (nSPS) is 13.8. The first kappa shape index (κ1) is 17.2. The number of aromatic nitrogens is 1. The Morgan fingerprint density at radius 3 is 2.80 bits per heavy atom. The molecule has 1 aliphatic heterocycles. The van der Waals surface area contributed by atoms with Crippen LogP contribution in [0.5, 0.6) is 11.6 Å². The van der Waals surface area contributed by atoms with Crippen molar-refractivity contribution >= 4 is 5.91 Å². The molecular weight excluding hydrogens is 327 g/mol. The number of hydrogen-bond acceptors (Lipinski definition) is 5. The van der Waals surface area contributed by atoms with Crippen molar-refractivity contribution in [2.24, 2.45) is 0 Å². The summed E-state index contributed by atoms with van der Waals surface area (Å²) in [7, 11) is 1.59. The van der Waals surface area contributed by atoms with E-state index in [0.717, 1.165) is 5.56 Å². The SMILES string of the molecule is COCCN1Cc2nc(OCc3ccc(F)cc3)ccc2OCC1=O. The number of fused-ring (bicyclic) bond motifs is 1. The molecule has 1 amide bonds. The molecule has 132 valence electrons. The van der Waals surface area contributed by atoms with Crippen LogP contribution in [-0.4, -0.2) is 42.7 Å². The summed E-state index contributed by atoms with van der Waals surface area (Å²) in [5.74, 6) is 0.601. The van der Waals surface area contributed by atoms with Crippen LogP contribution in [0.15, 0.2) is 36.4 Å². The molecule has 1 aromatic carbocycles. The van der Waals surface area contributed by atoms with E-state index < -0.39 is 0 Å². The van der Waals surface area contributed by atoms with Crippen LogP contribution >= 0.6 is 0 Å².